The van der Waals surface area contributed by atoms with Gasteiger partial charge in [0.15, 0.2) is 0 Å². The maximum absolute atomic E-state index is 5.31. The largest absolute Gasteiger partial charge is 0.0890 e. The smallest absolute Gasteiger partial charge is 0.0595 e. The van der Waals surface area contributed by atoms with Gasteiger partial charge in [-0.15, -0.1) is 0 Å². The molecule has 2 rings (SSSR count). The monoisotopic (exact) mass is 188 g/mol. The van der Waals surface area contributed by atoms with Crippen molar-refractivity contribution >= 4 is 33.6 Å². The molecule has 0 N–H and O–H groups in total. The average molecular weight is 188 g/mol. The zero-order chi connectivity index (χ0) is 10.5. The number of fused-ring (bicyclic) bond motifs is 1. The van der Waals surface area contributed by atoms with Crippen LogP contribution in [0.3, 0.4) is 0 Å². The van der Waals surface area contributed by atoms with Crippen LogP contribution in [0, 0.1) is 0 Å². The van der Waals surface area contributed by atoms with Gasteiger partial charge in [0.1, 0.15) is 0 Å². The SMILES string of the molecule is [B][B][B]CC=C1CC=Cc2ccccc21. The molecule has 0 unspecified atom stereocenters. The van der Waals surface area contributed by atoms with E-state index in [-0.39, 0.29) is 0 Å². The predicted octanol–water partition coefficient (Wildman–Crippen LogP) is 2.31. The highest BCUT2D eigenvalue weighted by molar-refractivity contribution is 7.23. The summed E-state index contributed by atoms with van der Waals surface area (Å²) in [7, 11) is 8.88. The molecule has 0 amide bonds. The number of allylic oxidation sites excluding steroid dienone is 3. The van der Waals surface area contributed by atoms with Crippen LogP contribution < -0.4 is 0 Å². The molecule has 1 aromatic rings. The van der Waals surface area contributed by atoms with Crippen molar-refractivity contribution in [1.29, 1.82) is 0 Å². The average Bonchev–Trinajstić information content (AvgIpc) is 2.30. The van der Waals surface area contributed by atoms with E-state index in [0.29, 0.717) is 0 Å². The van der Waals surface area contributed by atoms with Crippen molar-refractivity contribution in [2.24, 2.45) is 0 Å². The first-order valence-corrected chi connectivity index (χ1v) is 5.23. The van der Waals surface area contributed by atoms with Gasteiger partial charge in [0, 0.05) is 14.8 Å². The lowest BCUT2D eigenvalue weighted by molar-refractivity contribution is 1.34. The standard InChI is InChI=1S/C12H11B3/c13-15-14-9-8-11-6-3-5-10-4-1-2-7-12(10)11/h1-5,7-8H,6,9H2. The second-order valence-corrected chi connectivity index (χ2v) is 3.59. The number of rotatable bonds is 3. The van der Waals surface area contributed by atoms with Crippen molar-refractivity contribution in [3.05, 3.63) is 47.5 Å². The molecule has 0 aromatic heterocycles. The highest BCUT2D eigenvalue weighted by atomic mass is 14.1. The highest BCUT2D eigenvalue weighted by Crippen LogP contribution is 2.28. The number of benzene rings is 1. The highest BCUT2D eigenvalue weighted by Gasteiger charge is 2.07. The Kier molecular flexibility index (Phi) is 3.55. The van der Waals surface area contributed by atoms with Crippen LogP contribution >= 0.6 is 0 Å². The summed E-state index contributed by atoms with van der Waals surface area (Å²) in [4.78, 5) is 0. The predicted molar refractivity (Wildman–Crippen MR) is 70.1 cm³/mol. The number of hydrogen-bond donors (Lipinski definition) is 0. The van der Waals surface area contributed by atoms with Crippen LogP contribution in [-0.4, -0.2) is 22.0 Å². The van der Waals surface area contributed by atoms with Crippen molar-refractivity contribution in [2.75, 3.05) is 0 Å². The summed E-state index contributed by atoms with van der Waals surface area (Å²) in [5.41, 5.74) is 4.06. The third-order valence-corrected chi connectivity index (χ3v) is 2.58. The van der Waals surface area contributed by atoms with Gasteiger partial charge in [0.25, 0.3) is 0 Å². The third-order valence-electron chi connectivity index (χ3n) is 2.58. The summed E-state index contributed by atoms with van der Waals surface area (Å²) in [5.74, 6) is 0. The van der Waals surface area contributed by atoms with Crippen molar-refractivity contribution in [2.45, 2.75) is 12.7 Å². The number of hydrogen-bond acceptors (Lipinski definition) is 0. The van der Waals surface area contributed by atoms with Gasteiger partial charge < -0.3 is 0 Å². The van der Waals surface area contributed by atoms with Gasteiger partial charge in [-0.1, -0.05) is 48.8 Å². The summed E-state index contributed by atoms with van der Waals surface area (Å²) in [6, 6.07) is 8.49. The van der Waals surface area contributed by atoms with Gasteiger partial charge in [0.2, 0.25) is 0 Å². The molecule has 15 heavy (non-hydrogen) atoms. The fourth-order valence-electron chi connectivity index (χ4n) is 1.84. The van der Waals surface area contributed by atoms with E-state index in [1.165, 1.54) is 16.7 Å². The van der Waals surface area contributed by atoms with Crippen molar-refractivity contribution in [3.8, 4) is 0 Å². The molecule has 0 saturated carbocycles. The Labute approximate surface area is 94.3 Å². The van der Waals surface area contributed by atoms with Gasteiger partial charge in [-0.05, 0) is 23.1 Å². The van der Waals surface area contributed by atoms with Gasteiger partial charge in [0.05, 0.1) is 7.17 Å². The van der Waals surface area contributed by atoms with Crippen molar-refractivity contribution in [1.82, 2.24) is 0 Å². The van der Waals surface area contributed by atoms with Crippen molar-refractivity contribution < 1.29 is 0 Å². The van der Waals surface area contributed by atoms with Gasteiger partial charge in [-0.3, -0.25) is 0 Å². The molecular formula is C12H11B3. The third kappa shape index (κ3) is 2.47. The van der Waals surface area contributed by atoms with Gasteiger partial charge >= 0.3 is 0 Å². The molecule has 0 aliphatic heterocycles. The maximum Gasteiger partial charge on any atom is 0.0595 e. The molecule has 0 spiro atoms. The van der Waals surface area contributed by atoms with Crippen LogP contribution in [-0.2, 0) is 0 Å². The van der Waals surface area contributed by atoms with Crippen LogP contribution in [0.25, 0.3) is 11.6 Å². The van der Waals surface area contributed by atoms with E-state index in [4.69, 9.17) is 7.74 Å². The second-order valence-electron chi connectivity index (χ2n) is 3.59. The van der Waals surface area contributed by atoms with Gasteiger partial charge in [-0.2, -0.15) is 0 Å². The molecule has 0 nitrogen and oxygen atoms in total. The topological polar surface area (TPSA) is 0 Å². The molecule has 1 aromatic carbocycles. The fraction of sp³-hybridized carbons (Fsp3) is 0.167. The molecule has 4 radical (unpaired) electrons. The summed E-state index contributed by atoms with van der Waals surface area (Å²) in [6.45, 7) is 0. The van der Waals surface area contributed by atoms with E-state index in [1.807, 2.05) is 7.17 Å². The Morgan fingerprint density at radius 3 is 3.07 bits per heavy atom. The van der Waals surface area contributed by atoms with E-state index >= 15 is 0 Å². The summed E-state index contributed by atoms with van der Waals surface area (Å²) in [5, 5.41) is 0. The summed E-state index contributed by atoms with van der Waals surface area (Å²) in [6.07, 6.45) is 8.57. The Balaban J connectivity index is 2.22. The summed E-state index contributed by atoms with van der Waals surface area (Å²) >= 11 is 0. The molecule has 0 bridgehead atoms. The van der Waals surface area contributed by atoms with Crippen LogP contribution in [0.5, 0.6) is 0 Å². The minimum atomic E-state index is 0.911. The minimum absolute atomic E-state index is 0.911. The maximum atomic E-state index is 5.31. The lowest BCUT2D eigenvalue weighted by Crippen LogP contribution is -2.01. The Morgan fingerprint density at radius 2 is 2.20 bits per heavy atom. The Morgan fingerprint density at radius 1 is 1.33 bits per heavy atom. The molecule has 1 aliphatic rings. The quantitative estimate of drug-likeness (QED) is 0.503. The molecule has 0 atom stereocenters. The molecule has 0 saturated heterocycles. The van der Waals surface area contributed by atoms with Crippen LogP contribution in [0.4, 0.5) is 0 Å². The summed E-state index contributed by atoms with van der Waals surface area (Å²) < 4.78 is 0. The molecule has 0 fully saturated rings. The zero-order valence-electron chi connectivity index (χ0n) is 8.69. The molecular weight excluding hydrogens is 177 g/mol. The molecule has 68 valence electrons. The van der Waals surface area contributed by atoms with E-state index in [0.717, 1.165) is 12.7 Å². The van der Waals surface area contributed by atoms with Crippen LogP contribution in [0.1, 0.15) is 17.5 Å². The molecule has 3 heteroatoms. The second kappa shape index (κ2) is 5.11. The van der Waals surface area contributed by atoms with Gasteiger partial charge in [-0.25, -0.2) is 0 Å². The Bertz CT molecular complexity index is 394. The normalized spacial score (nSPS) is 16.1. The van der Waals surface area contributed by atoms with E-state index < -0.39 is 0 Å². The minimum Gasteiger partial charge on any atom is -0.0890 e. The van der Waals surface area contributed by atoms with E-state index in [2.05, 4.69) is 42.5 Å². The van der Waals surface area contributed by atoms with Crippen LogP contribution in [0.15, 0.2) is 36.4 Å². The first-order valence-electron chi connectivity index (χ1n) is 5.23. The molecule has 1 aliphatic carbocycles. The van der Waals surface area contributed by atoms with Crippen LogP contribution in [0.2, 0.25) is 6.32 Å². The van der Waals surface area contributed by atoms with E-state index in [1.54, 1.807) is 7.06 Å². The first-order chi connectivity index (χ1) is 7.42. The lowest BCUT2D eigenvalue weighted by Gasteiger charge is -2.13. The molecule has 0 heterocycles. The van der Waals surface area contributed by atoms with Crippen molar-refractivity contribution in [3.63, 3.8) is 0 Å². The lowest BCUT2D eigenvalue weighted by atomic mass is 9.27. The first kappa shape index (κ1) is 10.4. The Hall–Kier alpha value is -1.11. The zero-order valence-corrected chi connectivity index (χ0v) is 8.69. The fourth-order valence-corrected chi connectivity index (χ4v) is 1.84. The van der Waals surface area contributed by atoms with E-state index in [9.17, 15) is 0 Å².